The molecule has 58 heavy (non-hydrogen) atoms. The van der Waals surface area contributed by atoms with Crippen LogP contribution in [0.25, 0.3) is 32.3 Å². The molecule has 0 radical (unpaired) electrons. The maximum atomic E-state index is 12.4. The number of aromatic hydroxyl groups is 1. The number of hydrogen-bond donors (Lipinski definition) is 5. The summed E-state index contributed by atoms with van der Waals surface area (Å²) in [6.45, 7) is 1.76. The lowest BCUT2D eigenvalue weighted by Crippen LogP contribution is -1.99. The van der Waals surface area contributed by atoms with Crippen LogP contribution in [0, 0.1) is 6.92 Å². The van der Waals surface area contributed by atoms with Gasteiger partial charge in [-0.2, -0.15) is 35.5 Å². The van der Waals surface area contributed by atoms with Crippen molar-refractivity contribution in [3.05, 3.63) is 115 Å². The molecule has 0 bridgehead atoms. The number of anilines is 1. The summed E-state index contributed by atoms with van der Waals surface area (Å²) in [6.07, 6.45) is 0. The largest absolute Gasteiger partial charge is 0.505 e. The van der Waals surface area contributed by atoms with Gasteiger partial charge in [-0.1, -0.05) is 30.3 Å². The number of azo groups is 3. The summed E-state index contributed by atoms with van der Waals surface area (Å²) in [5, 5.41) is 41.1. The van der Waals surface area contributed by atoms with Crippen LogP contribution in [-0.2, 0) is 30.4 Å². The van der Waals surface area contributed by atoms with Crippen LogP contribution in [0.15, 0.2) is 155 Å². The van der Waals surface area contributed by atoms with Crippen LogP contribution in [0.2, 0.25) is 0 Å². The summed E-state index contributed by atoms with van der Waals surface area (Å²) < 4.78 is 102. The standard InChI is InChI=1S/C38H29N7O10S3/c1-21-17-24(8-12-31(21)41-43-33-15-16-35(57(50,51)52)29-6-4-3-5-27(29)33)40-42-32-13-14-34(30-20-25(56(47,48)49)9-11-28(30)32)44-45-37-36(58(53,54)55)19-22-18-23(39-2)7-10-26(22)38(37)46/h3-20,39,46H,1-2H3,(H,47,48,49)(H,50,51,52)(H,53,54,55). The number of hydrogen-bond acceptors (Lipinski definition) is 14. The van der Waals surface area contributed by atoms with Gasteiger partial charge in [-0.15, -0.1) is 20.5 Å². The molecule has 0 aromatic heterocycles. The van der Waals surface area contributed by atoms with Crippen LogP contribution in [0.1, 0.15) is 5.56 Å². The Bertz CT molecular complexity index is 3280. The Labute approximate surface area is 330 Å². The number of aryl methyl sites for hydroxylation is 1. The molecule has 20 heteroatoms. The number of nitrogens with zero attached hydrogens (tertiary/aromatic N) is 6. The lowest BCUT2D eigenvalue weighted by molar-refractivity contribution is 0.472. The second-order valence-corrected chi connectivity index (χ2v) is 16.9. The Balaban J connectivity index is 1.24. The van der Waals surface area contributed by atoms with Gasteiger partial charge in [-0.25, -0.2) is 0 Å². The van der Waals surface area contributed by atoms with E-state index in [1.807, 2.05) is 0 Å². The highest BCUT2D eigenvalue weighted by atomic mass is 32.2. The zero-order valence-corrected chi connectivity index (χ0v) is 32.5. The van der Waals surface area contributed by atoms with Crippen LogP contribution in [0.4, 0.5) is 39.8 Å². The first kappa shape index (κ1) is 39.7. The average Bonchev–Trinajstić information content (AvgIpc) is 3.17. The molecule has 0 fully saturated rings. The van der Waals surface area contributed by atoms with Crippen molar-refractivity contribution in [3.63, 3.8) is 0 Å². The Morgan fingerprint density at radius 1 is 0.500 bits per heavy atom. The Hall–Kier alpha value is -6.55. The molecule has 17 nitrogen and oxygen atoms in total. The van der Waals surface area contributed by atoms with Crippen molar-refractivity contribution in [2.45, 2.75) is 21.6 Å². The van der Waals surface area contributed by atoms with Gasteiger partial charge in [0.1, 0.15) is 15.5 Å². The third-order valence-corrected chi connectivity index (χ3v) is 11.6. The first-order valence-corrected chi connectivity index (χ1v) is 21.1. The zero-order chi connectivity index (χ0) is 41.6. The topological polar surface area (TPSA) is 270 Å². The first-order chi connectivity index (χ1) is 27.4. The number of benzene rings is 7. The van der Waals surface area contributed by atoms with Crippen molar-refractivity contribution >= 4 is 102 Å². The minimum atomic E-state index is -4.93. The number of fused-ring (bicyclic) bond motifs is 3. The molecule has 0 unspecified atom stereocenters. The molecular formula is C38H29N7O10S3. The minimum absolute atomic E-state index is 0.0169. The van der Waals surface area contributed by atoms with Crippen LogP contribution in [0.5, 0.6) is 5.75 Å². The molecule has 294 valence electrons. The molecular weight excluding hydrogens is 811 g/mol. The van der Waals surface area contributed by atoms with Gasteiger partial charge in [0, 0.05) is 39.7 Å². The van der Waals surface area contributed by atoms with Crippen molar-refractivity contribution in [2.24, 2.45) is 30.7 Å². The quantitative estimate of drug-likeness (QED) is 0.0638. The Morgan fingerprint density at radius 2 is 1.07 bits per heavy atom. The molecule has 7 rings (SSSR count). The fourth-order valence-electron chi connectivity index (χ4n) is 6.14. The molecule has 0 spiro atoms. The van der Waals surface area contributed by atoms with Crippen molar-refractivity contribution in [1.82, 2.24) is 0 Å². The molecule has 0 heterocycles. The fraction of sp³-hybridized carbons (Fsp3) is 0.0526. The number of phenolic OH excluding ortho intramolecular Hbond substituents is 1. The summed E-state index contributed by atoms with van der Waals surface area (Å²) in [5.41, 5.74) is 2.15. The molecule has 7 aromatic rings. The summed E-state index contributed by atoms with van der Waals surface area (Å²) >= 11 is 0. The summed E-state index contributed by atoms with van der Waals surface area (Å²) in [4.78, 5) is -1.47. The van der Waals surface area contributed by atoms with Crippen molar-refractivity contribution in [3.8, 4) is 5.75 Å². The molecule has 0 aliphatic carbocycles. The van der Waals surface area contributed by atoms with E-state index in [1.54, 1.807) is 68.6 Å². The average molecular weight is 840 g/mol. The van der Waals surface area contributed by atoms with E-state index >= 15 is 0 Å². The lowest BCUT2D eigenvalue weighted by Gasteiger charge is -2.10. The maximum Gasteiger partial charge on any atom is 0.296 e. The van der Waals surface area contributed by atoms with E-state index in [0.29, 0.717) is 39.1 Å². The van der Waals surface area contributed by atoms with Crippen LogP contribution < -0.4 is 5.32 Å². The van der Waals surface area contributed by atoms with Gasteiger partial charge in [-0.3, -0.25) is 13.7 Å². The molecule has 0 saturated carbocycles. The summed E-state index contributed by atoms with van der Waals surface area (Å²) in [6, 6.07) is 26.5. The number of phenols is 1. The zero-order valence-electron chi connectivity index (χ0n) is 30.0. The van der Waals surface area contributed by atoms with Gasteiger partial charge >= 0.3 is 0 Å². The Kier molecular flexibility index (Phi) is 10.3. The van der Waals surface area contributed by atoms with E-state index in [9.17, 15) is 44.0 Å². The van der Waals surface area contributed by atoms with Crippen LogP contribution in [0.3, 0.4) is 0 Å². The molecule has 0 amide bonds. The van der Waals surface area contributed by atoms with Gasteiger partial charge in [0.25, 0.3) is 30.4 Å². The van der Waals surface area contributed by atoms with Gasteiger partial charge in [0.2, 0.25) is 0 Å². The molecule has 0 atom stereocenters. The second-order valence-electron chi connectivity index (χ2n) is 12.7. The van der Waals surface area contributed by atoms with Crippen molar-refractivity contribution in [1.29, 1.82) is 0 Å². The Morgan fingerprint density at radius 3 is 1.72 bits per heavy atom. The van der Waals surface area contributed by atoms with E-state index < -0.39 is 51.6 Å². The molecule has 0 aliphatic heterocycles. The van der Waals surface area contributed by atoms with Gasteiger partial charge in [0.05, 0.1) is 33.3 Å². The van der Waals surface area contributed by atoms with Crippen LogP contribution >= 0.6 is 0 Å². The van der Waals surface area contributed by atoms with Gasteiger partial charge < -0.3 is 10.4 Å². The number of rotatable bonds is 10. The van der Waals surface area contributed by atoms with E-state index in [1.165, 1.54) is 36.4 Å². The molecule has 0 saturated heterocycles. The third kappa shape index (κ3) is 8.00. The predicted octanol–water partition coefficient (Wildman–Crippen LogP) is 10.2. The molecule has 7 aromatic carbocycles. The van der Waals surface area contributed by atoms with Crippen LogP contribution in [-0.4, -0.2) is 51.1 Å². The fourth-order valence-corrected chi connectivity index (χ4v) is 8.00. The lowest BCUT2D eigenvalue weighted by atomic mass is 10.1. The summed E-state index contributed by atoms with van der Waals surface area (Å²) in [7, 11) is -12.4. The second kappa shape index (κ2) is 15.1. The number of nitrogens with one attached hydrogen (secondary N) is 1. The van der Waals surface area contributed by atoms with E-state index in [2.05, 4.69) is 36.0 Å². The third-order valence-electron chi connectivity index (χ3n) is 8.97. The predicted molar refractivity (Wildman–Crippen MR) is 216 cm³/mol. The van der Waals surface area contributed by atoms with E-state index in [4.69, 9.17) is 0 Å². The molecule has 0 aliphatic rings. The SMILES string of the molecule is CNc1ccc2c(O)c(N=Nc3ccc(N=Nc4ccc(N=Nc5ccc(S(=O)(=O)O)c6ccccc56)c(C)c4)c4ccc(S(=O)(=O)O)cc34)c(S(=O)(=O)O)cc2c1. The highest BCUT2D eigenvalue weighted by molar-refractivity contribution is 7.86. The highest BCUT2D eigenvalue weighted by Crippen LogP contribution is 2.43. The van der Waals surface area contributed by atoms with E-state index in [0.717, 1.165) is 18.2 Å². The van der Waals surface area contributed by atoms with Crippen molar-refractivity contribution < 1.29 is 44.0 Å². The van der Waals surface area contributed by atoms with Gasteiger partial charge in [-0.05, 0) is 96.7 Å². The smallest absolute Gasteiger partial charge is 0.296 e. The van der Waals surface area contributed by atoms with Gasteiger partial charge in [0.15, 0.2) is 5.75 Å². The molecule has 5 N–H and O–H groups in total. The van der Waals surface area contributed by atoms with E-state index in [-0.39, 0.29) is 37.8 Å². The first-order valence-electron chi connectivity index (χ1n) is 16.8. The van der Waals surface area contributed by atoms with Crippen molar-refractivity contribution in [2.75, 3.05) is 12.4 Å². The normalized spacial score (nSPS) is 12.8. The monoisotopic (exact) mass is 839 g/mol. The summed E-state index contributed by atoms with van der Waals surface area (Å²) in [5.74, 6) is -0.588. The minimum Gasteiger partial charge on any atom is -0.505 e. The maximum absolute atomic E-state index is 12.4. The highest BCUT2D eigenvalue weighted by Gasteiger charge is 2.23.